The van der Waals surface area contributed by atoms with Crippen molar-refractivity contribution in [2.75, 3.05) is 31.6 Å². The number of nitrogens with one attached hydrogen (secondary N) is 1. The predicted molar refractivity (Wildman–Crippen MR) is 70.9 cm³/mol. The summed E-state index contributed by atoms with van der Waals surface area (Å²) in [6, 6.07) is 0.125. The Morgan fingerprint density at radius 3 is 3.00 bits per heavy atom. The van der Waals surface area contributed by atoms with E-state index in [9.17, 15) is 4.79 Å². The smallest absolute Gasteiger partial charge is 0.317 e. The number of hydrogen-bond acceptors (Lipinski definition) is 2. The van der Waals surface area contributed by atoms with Gasteiger partial charge in [0.2, 0.25) is 0 Å². The zero-order chi connectivity index (χ0) is 12.0. The van der Waals surface area contributed by atoms with Crippen molar-refractivity contribution in [1.29, 1.82) is 0 Å². The van der Waals surface area contributed by atoms with Crippen LogP contribution in [0.25, 0.3) is 0 Å². The zero-order valence-electron chi connectivity index (χ0n) is 10.7. The van der Waals surface area contributed by atoms with Crippen LogP contribution in [0.2, 0.25) is 0 Å². The molecule has 3 nitrogen and oxygen atoms in total. The molecule has 2 atom stereocenters. The maximum Gasteiger partial charge on any atom is 0.317 e. The number of hydrogen-bond donors (Lipinski definition) is 1. The molecule has 1 rings (SSSR count). The molecule has 0 aromatic carbocycles. The van der Waals surface area contributed by atoms with Gasteiger partial charge < -0.3 is 10.2 Å². The molecule has 1 N–H and O–H groups in total. The minimum Gasteiger partial charge on any atom is -0.338 e. The molecule has 1 aliphatic rings. The molecule has 2 unspecified atom stereocenters. The Hall–Kier alpha value is -0.380. The molecule has 1 fully saturated rings. The number of amides is 2. The van der Waals surface area contributed by atoms with Gasteiger partial charge in [0.15, 0.2) is 0 Å². The molecule has 0 radical (unpaired) electrons. The van der Waals surface area contributed by atoms with Crippen LogP contribution in [0.15, 0.2) is 0 Å². The first-order valence-electron chi connectivity index (χ1n) is 6.15. The van der Waals surface area contributed by atoms with Crippen molar-refractivity contribution in [3.8, 4) is 0 Å². The molecule has 1 aliphatic heterocycles. The van der Waals surface area contributed by atoms with Crippen molar-refractivity contribution < 1.29 is 4.79 Å². The third kappa shape index (κ3) is 4.64. The zero-order valence-corrected chi connectivity index (χ0v) is 11.5. The predicted octanol–water partition coefficient (Wildman–Crippen LogP) is 2.43. The van der Waals surface area contributed by atoms with E-state index in [4.69, 9.17) is 0 Å². The summed E-state index contributed by atoms with van der Waals surface area (Å²) < 4.78 is 0. The number of thioether (sulfide) groups is 1. The van der Waals surface area contributed by atoms with E-state index in [1.165, 1.54) is 6.42 Å². The standard InChI is InChI=1S/C12H24N2OS/c1-10-5-4-6-14(8-10)12(15)13-7-11(2)9-16-3/h10-11H,4-9H2,1-3H3,(H,13,15). The number of carbonyl (C=O) groups is 1. The molecule has 1 saturated heterocycles. The Morgan fingerprint density at radius 2 is 2.38 bits per heavy atom. The van der Waals surface area contributed by atoms with Crippen molar-refractivity contribution >= 4 is 17.8 Å². The maximum absolute atomic E-state index is 11.9. The molecule has 0 saturated carbocycles. The minimum atomic E-state index is 0.125. The highest BCUT2D eigenvalue weighted by Gasteiger charge is 2.20. The number of rotatable bonds is 4. The molecule has 16 heavy (non-hydrogen) atoms. The fourth-order valence-electron chi connectivity index (χ4n) is 2.09. The summed E-state index contributed by atoms with van der Waals surface area (Å²) in [6.45, 7) is 7.03. The largest absolute Gasteiger partial charge is 0.338 e. The van der Waals surface area contributed by atoms with Crippen molar-refractivity contribution in [1.82, 2.24) is 10.2 Å². The van der Waals surface area contributed by atoms with Crippen LogP contribution >= 0.6 is 11.8 Å². The lowest BCUT2D eigenvalue weighted by molar-refractivity contribution is 0.169. The van der Waals surface area contributed by atoms with E-state index in [1.807, 2.05) is 16.7 Å². The second-order valence-corrected chi connectivity index (χ2v) is 5.85. The summed E-state index contributed by atoms with van der Waals surface area (Å²) in [5, 5.41) is 3.03. The molecule has 0 bridgehead atoms. The van der Waals surface area contributed by atoms with Gasteiger partial charge in [-0.15, -0.1) is 0 Å². The Morgan fingerprint density at radius 1 is 1.62 bits per heavy atom. The Labute approximate surface area is 103 Å². The molecule has 1 heterocycles. The van der Waals surface area contributed by atoms with Crippen LogP contribution in [0.1, 0.15) is 26.7 Å². The fourth-order valence-corrected chi connectivity index (χ4v) is 2.78. The Kier molecular flexibility index (Phi) is 6.03. The van der Waals surface area contributed by atoms with Crippen LogP contribution in [0.3, 0.4) is 0 Å². The highest BCUT2D eigenvalue weighted by molar-refractivity contribution is 7.98. The Bertz CT molecular complexity index is 223. The van der Waals surface area contributed by atoms with Gasteiger partial charge in [-0.05, 0) is 36.7 Å². The van der Waals surface area contributed by atoms with Crippen molar-refractivity contribution in [2.24, 2.45) is 11.8 Å². The summed E-state index contributed by atoms with van der Waals surface area (Å²) in [6.07, 6.45) is 4.51. The van der Waals surface area contributed by atoms with Crippen molar-refractivity contribution in [3.05, 3.63) is 0 Å². The third-order valence-electron chi connectivity index (χ3n) is 3.00. The highest BCUT2D eigenvalue weighted by Crippen LogP contribution is 2.15. The molecule has 0 spiro atoms. The van der Waals surface area contributed by atoms with E-state index in [1.54, 1.807) is 0 Å². The molecule has 0 aromatic heterocycles. The number of likely N-dealkylation sites (tertiary alicyclic amines) is 1. The maximum atomic E-state index is 11.9. The average molecular weight is 244 g/mol. The van der Waals surface area contributed by atoms with E-state index < -0.39 is 0 Å². The van der Waals surface area contributed by atoms with Gasteiger partial charge in [-0.1, -0.05) is 13.8 Å². The molecule has 2 amide bonds. The van der Waals surface area contributed by atoms with Gasteiger partial charge in [0.25, 0.3) is 0 Å². The summed E-state index contributed by atoms with van der Waals surface area (Å²) in [4.78, 5) is 13.8. The lowest BCUT2D eigenvalue weighted by Gasteiger charge is -2.31. The molecular weight excluding hydrogens is 220 g/mol. The first-order chi connectivity index (χ1) is 7.63. The highest BCUT2D eigenvalue weighted by atomic mass is 32.2. The lowest BCUT2D eigenvalue weighted by atomic mass is 10.0. The van der Waals surface area contributed by atoms with Crippen LogP contribution in [-0.2, 0) is 0 Å². The van der Waals surface area contributed by atoms with Gasteiger partial charge >= 0.3 is 6.03 Å². The third-order valence-corrected chi connectivity index (χ3v) is 3.90. The average Bonchev–Trinajstić information content (AvgIpc) is 2.26. The Balaban J connectivity index is 2.23. The molecular formula is C12H24N2OS. The van der Waals surface area contributed by atoms with Crippen LogP contribution in [0, 0.1) is 11.8 Å². The van der Waals surface area contributed by atoms with E-state index >= 15 is 0 Å². The molecule has 0 aromatic rings. The van der Waals surface area contributed by atoms with Crippen LogP contribution < -0.4 is 5.32 Å². The number of nitrogens with zero attached hydrogens (tertiary/aromatic N) is 1. The molecule has 94 valence electrons. The van der Waals surface area contributed by atoms with Gasteiger partial charge in [0.05, 0.1) is 0 Å². The summed E-state index contributed by atoms with van der Waals surface area (Å²) in [5.41, 5.74) is 0. The monoisotopic (exact) mass is 244 g/mol. The van der Waals surface area contributed by atoms with Crippen molar-refractivity contribution in [2.45, 2.75) is 26.7 Å². The lowest BCUT2D eigenvalue weighted by Crippen LogP contribution is -2.46. The topological polar surface area (TPSA) is 32.3 Å². The van der Waals surface area contributed by atoms with Gasteiger partial charge in [-0.25, -0.2) is 4.79 Å². The minimum absolute atomic E-state index is 0.125. The van der Waals surface area contributed by atoms with Gasteiger partial charge in [0, 0.05) is 19.6 Å². The fraction of sp³-hybridized carbons (Fsp3) is 0.917. The van der Waals surface area contributed by atoms with Gasteiger partial charge in [-0.2, -0.15) is 11.8 Å². The normalized spacial score (nSPS) is 22.9. The second kappa shape index (κ2) is 7.05. The molecule has 4 heteroatoms. The summed E-state index contributed by atoms with van der Waals surface area (Å²) in [7, 11) is 0. The van der Waals surface area contributed by atoms with Crippen LogP contribution in [0.5, 0.6) is 0 Å². The van der Waals surface area contributed by atoms with E-state index in [-0.39, 0.29) is 6.03 Å². The van der Waals surface area contributed by atoms with E-state index in [0.717, 1.165) is 31.8 Å². The van der Waals surface area contributed by atoms with E-state index in [0.29, 0.717) is 11.8 Å². The van der Waals surface area contributed by atoms with Crippen molar-refractivity contribution in [3.63, 3.8) is 0 Å². The van der Waals surface area contributed by atoms with E-state index in [2.05, 4.69) is 25.4 Å². The molecule has 0 aliphatic carbocycles. The quantitative estimate of drug-likeness (QED) is 0.824. The number of carbonyl (C=O) groups excluding carboxylic acids is 1. The summed E-state index contributed by atoms with van der Waals surface area (Å²) >= 11 is 1.83. The summed E-state index contributed by atoms with van der Waals surface area (Å²) in [5.74, 6) is 2.32. The number of piperidine rings is 1. The SMILES string of the molecule is CSCC(C)CNC(=O)N1CCCC(C)C1. The number of urea groups is 1. The first-order valence-corrected chi connectivity index (χ1v) is 7.54. The van der Waals surface area contributed by atoms with Gasteiger partial charge in [-0.3, -0.25) is 0 Å². The first kappa shape index (κ1) is 13.7. The van der Waals surface area contributed by atoms with Gasteiger partial charge in [0.1, 0.15) is 0 Å². The van der Waals surface area contributed by atoms with Crippen LogP contribution in [-0.4, -0.2) is 42.6 Å². The second-order valence-electron chi connectivity index (χ2n) is 4.94. The van der Waals surface area contributed by atoms with Crippen LogP contribution in [0.4, 0.5) is 4.79 Å².